The molecule has 1 aromatic rings. The molecule has 2 atom stereocenters. The molecule has 0 aromatic heterocycles. The fraction of sp³-hybridized carbons (Fsp3) is 0.588. The minimum Gasteiger partial charge on any atom is -0.382 e. The second kappa shape index (κ2) is 6.37. The van der Waals surface area contributed by atoms with Crippen molar-refractivity contribution in [3.63, 3.8) is 0 Å². The predicted octanol–water partition coefficient (Wildman–Crippen LogP) is 4.19. The Hall–Kier alpha value is -1.71. The highest BCUT2D eigenvalue weighted by Crippen LogP contribution is 2.39. The second-order valence-corrected chi connectivity index (χ2v) is 7.07. The Morgan fingerprint density at radius 3 is 2.24 bits per heavy atom. The van der Waals surface area contributed by atoms with Crippen LogP contribution in [0.4, 0.5) is 16.2 Å². The number of carbonyl (C=O) groups excluding carboxylic acids is 1. The average Bonchev–Trinajstić information content (AvgIpc) is 2.40. The van der Waals surface area contributed by atoms with E-state index in [1.807, 2.05) is 24.3 Å². The lowest BCUT2D eigenvalue weighted by atomic mass is 9.69. The van der Waals surface area contributed by atoms with Crippen molar-refractivity contribution in [2.75, 3.05) is 10.6 Å². The standard InChI is InChI=1S/C17H27N3O/c1-17(2,3)14-6-4-5-7-15(14)19-12-8-10-13(11-9-12)20-16(18)21/h8-11,14-15,19H,4-7H2,1-3H3,(H3,18,20,21). The topological polar surface area (TPSA) is 67.2 Å². The Labute approximate surface area is 127 Å². The molecule has 0 radical (unpaired) electrons. The Balaban J connectivity index is 2.03. The summed E-state index contributed by atoms with van der Waals surface area (Å²) in [6, 6.07) is 7.74. The van der Waals surface area contributed by atoms with Gasteiger partial charge in [0.25, 0.3) is 0 Å². The molecule has 1 fully saturated rings. The third-order valence-electron chi connectivity index (χ3n) is 4.38. The van der Waals surface area contributed by atoms with E-state index in [2.05, 4.69) is 31.4 Å². The molecule has 2 unspecified atom stereocenters. The third-order valence-corrected chi connectivity index (χ3v) is 4.38. The van der Waals surface area contributed by atoms with Gasteiger partial charge in [0.2, 0.25) is 0 Å². The van der Waals surface area contributed by atoms with Gasteiger partial charge in [0.1, 0.15) is 0 Å². The first-order valence-electron chi connectivity index (χ1n) is 7.79. The lowest BCUT2D eigenvalue weighted by Crippen LogP contribution is -2.39. The smallest absolute Gasteiger partial charge is 0.316 e. The molecule has 116 valence electrons. The highest BCUT2D eigenvalue weighted by Gasteiger charge is 2.33. The summed E-state index contributed by atoms with van der Waals surface area (Å²) < 4.78 is 0. The summed E-state index contributed by atoms with van der Waals surface area (Å²) in [5.41, 5.74) is 7.27. The van der Waals surface area contributed by atoms with Crippen LogP contribution in [0.1, 0.15) is 46.5 Å². The summed E-state index contributed by atoms with van der Waals surface area (Å²) in [7, 11) is 0. The zero-order valence-electron chi connectivity index (χ0n) is 13.3. The summed E-state index contributed by atoms with van der Waals surface area (Å²) in [5, 5.41) is 6.25. The van der Waals surface area contributed by atoms with Gasteiger partial charge in [0, 0.05) is 17.4 Å². The van der Waals surface area contributed by atoms with Crippen LogP contribution in [0.15, 0.2) is 24.3 Å². The number of primary amides is 1. The molecule has 0 saturated heterocycles. The molecule has 2 rings (SSSR count). The first-order chi connectivity index (χ1) is 9.86. The predicted molar refractivity (Wildman–Crippen MR) is 88.5 cm³/mol. The van der Waals surface area contributed by atoms with Crippen molar-refractivity contribution in [3.05, 3.63) is 24.3 Å². The van der Waals surface area contributed by atoms with Crippen LogP contribution in [0.5, 0.6) is 0 Å². The lowest BCUT2D eigenvalue weighted by Gasteiger charge is -2.41. The Bertz CT molecular complexity index is 476. The zero-order chi connectivity index (χ0) is 15.5. The van der Waals surface area contributed by atoms with Gasteiger partial charge in [-0.25, -0.2) is 4.79 Å². The number of hydrogen-bond acceptors (Lipinski definition) is 2. The van der Waals surface area contributed by atoms with Crippen molar-refractivity contribution in [2.24, 2.45) is 17.1 Å². The van der Waals surface area contributed by atoms with E-state index in [1.165, 1.54) is 25.7 Å². The van der Waals surface area contributed by atoms with Gasteiger partial charge in [-0.3, -0.25) is 0 Å². The summed E-state index contributed by atoms with van der Waals surface area (Å²) in [4.78, 5) is 10.8. The van der Waals surface area contributed by atoms with Crippen LogP contribution in [0.3, 0.4) is 0 Å². The minimum absolute atomic E-state index is 0.325. The molecule has 2 amide bonds. The van der Waals surface area contributed by atoms with Crippen LogP contribution < -0.4 is 16.4 Å². The van der Waals surface area contributed by atoms with E-state index >= 15 is 0 Å². The van der Waals surface area contributed by atoms with Gasteiger partial charge < -0.3 is 16.4 Å². The maximum absolute atomic E-state index is 10.8. The van der Waals surface area contributed by atoms with Crippen molar-refractivity contribution in [2.45, 2.75) is 52.5 Å². The normalized spacial score (nSPS) is 22.6. The van der Waals surface area contributed by atoms with Crippen LogP contribution in [-0.2, 0) is 0 Å². The van der Waals surface area contributed by atoms with Gasteiger partial charge in [-0.1, -0.05) is 33.6 Å². The maximum atomic E-state index is 10.8. The molecule has 1 aliphatic rings. The van der Waals surface area contributed by atoms with Crippen LogP contribution in [0.2, 0.25) is 0 Å². The van der Waals surface area contributed by atoms with Gasteiger partial charge in [0.05, 0.1) is 0 Å². The lowest BCUT2D eigenvalue weighted by molar-refractivity contribution is 0.163. The van der Waals surface area contributed by atoms with Gasteiger partial charge in [0.15, 0.2) is 0 Å². The maximum Gasteiger partial charge on any atom is 0.316 e. The SMILES string of the molecule is CC(C)(C)C1CCCCC1Nc1ccc(NC(N)=O)cc1. The molecule has 4 N–H and O–H groups in total. The van der Waals surface area contributed by atoms with E-state index in [4.69, 9.17) is 5.73 Å². The van der Waals surface area contributed by atoms with Crippen molar-refractivity contribution >= 4 is 17.4 Å². The van der Waals surface area contributed by atoms with Gasteiger partial charge in [-0.15, -0.1) is 0 Å². The summed E-state index contributed by atoms with van der Waals surface area (Å²) in [6.45, 7) is 6.99. The molecule has 1 aliphatic carbocycles. The highest BCUT2D eigenvalue weighted by molar-refractivity contribution is 5.87. The number of rotatable bonds is 3. The number of benzene rings is 1. The van der Waals surface area contributed by atoms with Crippen molar-refractivity contribution in [3.8, 4) is 0 Å². The number of anilines is 2. The molecule has 0 heterocycles. The molecule has 0 bridgehead atoms. The monoisotopic (exact) mass is 289 g/mol. The Kier molecular flexibility index (Phi) is 4.76. The Morgan fingerprint density at radius 1 is 1.10 bits per heavy atom. The largest absolute Gasteiger partial charge is 0.382 e. The summed E-state index contributed by atoms with van der Waals surface area (Å²) in [6.07, 6.45) is 5.15. The number of nitrogens with two attached hydrogens (primary N) is 1. The minimum atomic E-state index is -0.532. The first kappa shape index (κ1) is 15.7. The second-order valence-electron chi connectivity index (χ2n) is 7.07. The fourth-order valence-electron chi connectivity index (χ4n) is 3.35. The molecular formula is C17H27N3O. The molecule has 0 spiro atoms. The molecule has 21 heavy (non-hydrogen) atoms. The summed E-state index contributed by atoms with van der Waals surface area (Å²) in [5.74, 6) is 0.690. The van der Waals surface area contributed by atoms with Crippen molar-refractivity contribution < 1.29 is 4.79 Å². The highest BCUT2D eigenvalue weighted by atomic mass is 16.2. The first-order valence-corrected chi connectivity index (χ1v) is 7.79. The number of nitrogens with one attached hydrogen (secondary N) is 2. The van der Waals surface area contributed by atoms with Crippen LogP contribution in [-0.4, -0.2) is 12.1 Å². The number of amides is 2. The fourth-order valence-corrected chi connectivity index (χ4v) is 3.35. The number of carbonyl (C=O) groups is 1. The van der Waals surface area contributed by atoms with Gasteiger partial charge in [-0.05, 0) is 48.4 Å². The van der Waals surface area contributed by atoms with E-state index in [-0.39, 0.29) is 0 Å². The van der Waals surface area contributed by atoms with Gasteiger partial charge in [-0.2, -0.15) is 0 Å². The molecule has 4 nitrogen and oxygen atoms in total. The van der Waals surface area contributed by atoms with E-state index in [1.54, 1.807) is 0 Å². The Morgan fingerprint density at radius 2 is 1.67 bits per heavy atom. The number of hydrogen-bond donors (Lipinski definition) is 3. The molecule has 1 saturated carbocycles. The van der Waals surface area contributed by atoms with E-state index in [9.17, 15) is 4.79 Å². The molecule has 1 aromatic carbocycles. The third kappa shape index (κ3) is 4.38. The van der Waals surface area contributed by atoms with Crippen LogP contribution >= 0.6 is 0 Å². The van der Waals surface area contributed by atoms with Gasteiger partial charge >= 0.3 is 6.03 Å². The van der Waals surface area contributed by atoms with Crippen LogP contribution in [0, 0.1) is 11.3 Å². The quantitative estimate of drug-likeness (QED) is 0.781. The summed E-state index contributed by atoms with van der Waals surface area (Å²) >= 11 is 0. The molecular weight excluding hydrogens is 262 g/mol. The average molecular weight is 289 g/mol. The molecule has 4 heteroatoms. The van der Waals surface area contributed by atoms with Crippen molar-refractivity contribution in [1.29, 1.82) is 0 Å². The van der Waals surface area contributed by atoms with E-state index in [0.29, 0.717) is 17.4 Å². The zero-order valence-corrected chi connectivity index (χ0v) is 13.3. The number of urea groups is 1. The molecule has 0 aliphatic heterocycles. The van der Waals surface area contributed by atoms with Crippen LogP contribution in [0.25, 0.3) is 0 Å². The van der Waals surface area contributed by atoms with E-state index < -0.39 is 6.03 Å². The van der Waals surface area contributed by atoms with Crippen molar-refractivity contribution in [1.82, 2.24) is 0 Å². The van der Waals surface area contributed by atoms with E-state index in [0.717, 1.165) is 11.4 Å².